The van der Waals surface area contributed by atoms with Gasteiger partial charge in [-0.1, -0.05) is 104 Å². The smallest absolute Gasteiger partial charge is 0.164 e. The number of aromatic nitrogens is 3. The SMILES string of the molecule is CC1C=C[C@H]2C=C(c3nc(C4=Cc5ccccc5CC4)nc(-c4ccc(-c5cccc6c5N=CCC6)cc4)n3)C=CC2C1. The highest BCUT2D eigenvalue weighted by Gasteiger charge is 2.26. The highest BCUT2D eigenvalue weighted by Crippen LogP contribution is 2.38. The fourth-order valence-electron chi connectivity index (χ4n) is 6.89. The van der Waals surface area contributed by atoms with Crippen LogP contribution in [0.2, 0.25) is 0 Å². The Labute approximate surface area is 253 Å². The molecular formula is C39H34N4. The van der Waals surface area contributed by atoms with Crippen molar-refractivity contribution in [3.63, 3.8) is 0 Å². The van der Waals surface area contributed by atoms with E-state index in [1.54, 1.807) is 0 Å². The summed E-state index contributed by atoms with van der Waals surface area (Å²) in [6.45, 7) is 2.30. The fourth-order valence-corrected chi connectivity index (χ4v) is 6.89. The molecule has 1 aromatic heterocycles. The first-order valence-corrected chi connectivity index (χ1v) is 15.6. The Kier molecular flexibility index (Phi) is 6.55. The maximum atomic E-state index is 5.10. The van der Waals surface area contributed by atoms with Crippen LogP contribution in [0.25, 0.3) is 39.7 Å². The predicted octanol–water partition coefficient (Wildman–Crippen LogP) is 9.12. The molecule has 4 heteroatoms. The van der Waals surface area contributed by atoms with Crippen LogP contribution in [0.15, 0.2) is 102 Å². The minimum Gasteiger partial charge on any atom is -0.260 e. The van der Waals surface area contributed by atoms with Gasteiger partial charge in [-0.15, -0.1) is 0 Å². The van der Waals surface area contributed by atoms with Gasteiger partial charge in [0, 0.05) is 28.8 Å². The maximum Gasteiger partial charge on any atom is 0.164 e. The molecule has 43 heavy (non-hydrogen) atoms. The Bertz CT molecular complexity index is 1870. The van der Waals surface area contributed by atoms with Crippen LogP contribution in [0, 0.1) is 17.8 Å². The molecule has 3 aliphatic carbocycles. The van der Waals surface area contributed by atoms with E-state index in [0.717, 1.165) is 59.7 Å². The normalized spacial score (nSPS) is 21.8. The summed E-state index contributed by atoms with van der Waals surface area (Å²) in [6, 6.07) is 23.7. The molecule has 4 aromatic rings. The Morgan fingerprint density at radius 1 is 0.698 bits per heavy atom. The zero-order chi connectivity index (χ0) is 28.8. The van der Waals surface area contributed by atoms with Gasteiger partial charge in [0.05, 0.1) is 5.69 Å². The molecular weight excluding hydrogens is 524 g/mol. The second-order valence-electron chi connectivity index (χ2n) is 12.2. The van der Waals surface area contributed by atoms with Crippen molar-refractivity contribution in [3.05, 3.63) is 125 Å². The molecule has 0 spiro atoms. The van der Waals surface area contributed by atoms with E-state index in [1.807, 2.05) is 6.21 Å². The first kappa shape index (κ1) is 26.0. The predicted molar refractivity (Wildman–Crippen MR) is 177 cm³/mol. The van der Waals surface area contributed by atoms with Crippen molar-refractivity contribution < 1.29 is 0 Å². The third-order valence-electron chi connectivity index (χ3n) is 9.26. The highest BCUT2D eigenvalue weighted by atomic mass is 15.0. The van der Waals surface area contributed by atoms with Crippen LogP contribution in [0.4, 0.5) is 5.69 Å². The summed E-state index contributed by atoms with van der Waals surface area (Å²) in [5.41, 5.74) is 10.6. The van der Waals surface area contributed by atoms with Crippen LogP contribution in [0.5, 0.6) is 0 Å². The topological polar surface area (TPSA) is 51.0 Å². The first-order valence-electron chi connectivity index (χ1n) is 15.6. The van der Waals surface area contributed by atoms with Crippen LogP contribution in [0.1, 0.15) is 54.5 Å². The van der Waals surface area contributed by atoms with Crippen molar-refractivity contribution in [3.8, 4) is 22.5 Å². The lowest BCUT2D eigenvalue weighted by atomic mass is 9.76. The lowest BCUT2D eigenvalue weighted by molar-refractivity contribution is 0.426. The van der Waals surface area contributed by atoms with Gasteiger partial charge in [-0.05, 0) is 77.8 Å². The van der Waals surface area contributed by atoms with E-state index in [1.165, 1.54) is 34.2 Å². The minimum absolute atomic E-state index is 0.388. The summed E-state index contributed by atoms with van der Waals surface area (Å²) < 4.78 is 0. The minimum atomic E-state index is 0.388. The molecule has 0 radical (unpaired) electrons. The quantitative estimate of drug-likeness (QED) is 0.235. The summed E-state index contributed by atoms with van der Waals surface area (Å²) in [5, 5.41) is 0. The van der Waals surface area contributed by atoms with E-state index < -0.39 is 0 Å². The van der Waals surface area contributed by atoms with E-state index in [0.29, 0.717) is 23.6 Å². The van der Waals surface area contributed by atoms with Crippen LogP contribution in [-0.4, -0.2) is 21.2 Å². The molecule has 2 heterocycles. The summed E-state index contributed by atoms with van der Waals surface area (Å²) in [5.74, 6) is 3.78. The van der Waals surface area contributed by atoms with Gasteiger partial charge in [0.15, 0.2) is 17.5 Å². The average molecular weight is 559 g/mol. The van der Waals surface area contributed by atoms with Crippen LogP contribution in [0.3, 0.4) is 0 Å². The number of para-hydroxylation sites is 1. The molecule has 1 aliphatic heterocycles. The number of fused-ring (bicyclic) bond motifs is 3. The van der Waals surface area contributed by atoms with E-state index in [9.17, 15) is 0 Å². The Morgan fingerprint density at radius 3 is 2.44 bits per heavy atom. The van der Waals surface area contributed by atoms with E-state index in [-0.39, 0.29) is 0 Å². The molecule has 0 fully saturated rings. The largest absolute Gasteiger partial charge is 0.260 e. The van der Waals surface area contributed by atoms with Gasteiger partial charge in [-0.3, -0.25) is 4.99 Å². The molecule has 3 atom stereocenters. The molecule has 4 nitrogen and oxygen atoms in total. The zero-order valence-electron chi connectivity index (χ0n) is 24.4. The van der Waals surface area contributed by atoms with Crippen molar-refractivity contribution in [2.45, 2.75) is 39.0 Å². The molecule has 3 aromatic carbocycles. The van der Waals surface area contributed by atoms with Crippen LogP contribution in [-0.2, 0) is 12.8 Å². The van der Waals surface area contributed by atoms with Gasteiger partial charge in [0.1, 0.15) is 0 Å². The van der Waals surface area contributed by atoms with E-state index in [4.69, 9.17) is 19.9 Å². The van der Waals surface area contributed by atoms with Crippen molar-refractivity contribution in [2.24, 2.45) is 22.7 Å². The van der Waals surface area contributed by atoms with Crippen molar-refractivity contribution in [1.82, 2.24) is 15.0 Å². The summed E-state index contributed by atoms with van der Waals surface area (Å²) in [7, 11) is 0. The van der Waals surface area contributed by atoms with Gasteiger partial charge in [0.25, 0.3) is 0 Å². The van der Waals surface area contributed by atoms with Gasteiger partial charge >= 0.3 is 0 Å². The van der Waals surface area contributed by atoms with Crippen LogP contribution >= 0.6 is 0 Å². The zero-order valence-corrected chi connectivity index (χ0v) is 24.4. The molecule has 210 valence electrons. The van der Waals surface area contributed by atoms with Gasteiger partial charge in [-0.2, -0.15) is 0 Å². The molecule has 0 bridgehead atoms. The van der Waals surface area contributed by atoms with E-state index in [2.05, 4.69) is 110 Å². The number of aryl methyl sites for hydroxylation is 2. The van der Waals surface area contributed by atoms with Crippen molar-refractivity contribution in [1.29, 1.82) is 0 Å². The lowest BCUT2D eigenvalue weighted by Crippen LogP contribution is -2.19. The second kappa shape index (κ2) is 10.9. The maximum absolute atomic E-state index is 5.10. The average Bonchev–Trinajstić information content (AvgIpc) is 3.07. The van der Waals surface area contributed by atoms with Crippen molar-refractivity contribution >= 4 is 29.1 Å². The molecule has 0 saturated heterocycles. The summed E-state index contributed by atoms with van der Waals surface area (Å²) >= 11 is 0. The molecule has 8 rings (SSSR count). The van der Waals surface area contributed by atoms with E-state index >= 15 is 0 Å². The Morgan fingerprint density at radius 2 is 1.51 bits per heavy atom. The summed E-state index contributed by atoms with van der Waals surface area (Å²) in [6.07, 6.45) is 21.1. The third kappa shape index (κ3) is 5.01. The standard InChI is InChI=1S/C39H34N4/c1-25-11-12-32-24-34(20-18-31(32)22-25)39-42-37(41-38(43-39)33-19-13-26-6-2-3-7-30(26)23-33)29-16-14-27(15-17-29)35-10-4-8-28-9-5-21-40-36(28)35/h2-4,6-8,10-12,14-18,20-21,23-25,31-32H,5,9,13,19,22H2,1H3/t25?,31?,32-/m0/s1. The van der Waals surface area contributed by atoms with Gasteiger partial charge in [0.2, 0.25) is 0 Å². The molecule has 4 aliphatic rings. The molecule has 2 unspecified atom stereocenters. The number of allylic oxidation sites excluding steroid dienone is 7. The number of nitrogens with zero attached hydrogens (tertiary/aromatic N) is 4. The van der Waals surface area contributed by atoms with Crippen molar-refractivity contribution in [2.75, 3.05) is 0 Å². The Hall–Kier alpha value is -4.70. The Balaban J connectivity index is 1.20. The van der Waals surface area contributed by atoms with Crippen LogP contribution < -0.4 is 0 Å². The number of aliphatic imine (C=N–C) groups is 1. The second-order valence-corrected chi connectivity index (χ2v) is 12.2. The van der Waals surface area contributed by atoms with Gasteiger partial charge in [-0.25, -0.2) is 15.0 Å². The number of hydrogen-bond donors (Lipinski definition) is 0. The lowest BCUT2D eigenvalue weighted by Gasteiger charge is -2.29. The number of rotatable bonds is 4. The molecule has 0 amide bonds. The number of hydrogen-bond acceptors (Lipinski definition) is 4. The molecule has 0 saturated carbocycles. The van der Waals surface area contributed by atoms with Gasteiger partial charge < -0.3 is 0 Å². The fraction of sp³-hybridized carbons (Fsp3) is 0.231. The first-order chi connectivity index (χ1) is 21.2. The summed E-state index contributed by atoms with van der Waals surface area (Å²) in [4.78, 5) is 20.0. The number of benzene rings is 3. The third-order valence-corrected chi connectivity index (χ3v) is 9.26. The highest BCUT2D eigenvalue weighted by molar-refractivity contribution is 5.85. The molecule has 0 N–H and O–H groups in total. The monoisotopic (exact) mass is 558 g/mol.